The van der Waals surface area contributed by atoms with Crippen molar-refractivity contribution in [1.29, 1.82) is 0 Å². The molecular weight excluding hydrogens is 302 g/mol. The molecule has 0 bridgehead atoms. The second kappa shape index (κ2) is 5.69. The lowest BCUT2D eigenvalue weighted by Gasteiger charge is -2.11. The standard InChI is InChI=1S/C16H14ClN3O2/c1-20(2)15-6-4-12(9-18-15)19-16(21)14-8-10-7-11(17)3-5-13(10)22-14/h3-9H,1-2H3,(H,19,21). The highest BCUT2D eigenvalue weighted by Crippen LogP contribution is 2.23. The maximum absolute atomic E-state index is 12.2. The third-order valence-corrected chi connectivity index (χ3v) is 3.40. The third kappa shape index (κ3) is 2.89. The molecule has 2 heterocycles. The summed E-state index contributed by atoms with van der Waals surface area (Å²) in [5.41, 5.74) is 1.23. The van der Waals surface area contributed by atoms with Crippen LogP contribution in [0.25, 0.3) is 11.0 Å². The van der Waals surface area contributed by atoms with Crippen molar-refractivity contribution in [3.8, 4) is 0 Å². The van der Waals surface area contributed by atoms with Crippen LogP contribution in [0, 0.1) is 0 Å². The van der Waals surface area contributed by atoms with Crippen molar-refractivity contribution in [3.63, 3.8) is 0 Å². The number of carbonyl (C=O) groups is 1. The summed E-state index contributed by atoms with van der Waals surface area (Å²) in [5.74, 6) is 0.719. The van der Waals surface area contributed by atoms with E-state index >= 15 is 0 Å². The van der Waals surface area contributed by atoms with Crippen molar-refractivity contribution in [2.75, 3.05) is 24.3 Å². The molecule has 0 aliphatic heterocycles. The van der Waals surface area contributed by atoms with Gasteiger partial charge in [0.25, 0.3) is 5.91 Å². The van der Waals surface area contributed by atoms with Crippen LogP contribution in [0.3, 0.4) is 0 Å². The lowest BCUT2D eigenvalue weighted by Crippen LogP contribution is -2.13. The summed E-state index contributed by atoms with van der Waals surface area (Å²) < 4.78 is 5.52. The van der Waals surface area contributed by atoms with E-state index in [0.717, 1.165) is 11.2 Å². The molecule has 22 heavy (non-hydrogen) atoms. The maximum atomic E-state index is 12.2. The molecule has 0 unspecified atom stereocenters. The Kier molecular flexibility index (Phi) is 3.73. The topological polar surface area (TPSA) is 58.4 Å². The molecule has 0 spiro atoms. The molecule has 5 nitrogen and oxygen atoms in total. The van der Waals surface area contributed by atoms with Crippen molar-refractivity contribution in [1.82, 2.24) is 4.98 Å². The number of benzene rings is 1. The first-order valence-electron chi connectivity index (χ1n) is 6.67. The fraction of sp³-hybridized carbons (Fsp3) is 0.125. The van der Waals surface area contributed by atoms with Crippen LogP contribution in [-0.4, -0.2) is 25.0 Å². The smallest absolute Gasteiger partial charge is 0.291 e. The molecule has 1 aromatic carbocycles. The summed E-state index contributed by atoms with van der Waals surface area (Å²) in [6.07, 6.45) is 1.60. The van der Waals surface area contributed by atoms with Crippen LogP contribution < -0.4 is 10.2 Å². The number of pyridine rings is 1. The van der Waals surface area contributed by atoms with E-state index in [1.54, 1.807) is 36.5 Å². The molecule has 1 N–H and O–H groups in total. The van der Waals surface area contributed by atoms with Gasteiger partial charge in [-0.25, -0.2) is 4.98 Å². The van der Waals surface area contributed by atoms with Gasteiger partial charge >= 0.3 is 0 Å². The number of rotatable bonds is 3. The van der Waals surface area contributed by atoms with E-state index in [1.165, 1.54) is 0 Å². The highest BCUT2D eigenvalue weighted by molar-refractivity contribution is 6.31. The van der Waals surface area contributed by atoms with E-state index in [2.05, 4.69) is 10.3 Å². The Bertz CT molecular complexity index is 825. The number of aromatic nitrogens is 1. The molecule has 0 atom stereocenters. The van der Waals surface area contributed by atoms with E-state index in [1.807, 2.05) is 25.1 Å². The van der Waals surface area contributed by atoms with Gasteiger partial charge < -0.3 is 14.6 Å². The van der Waals surface area contributed by atoms with Gasteiger partial charge in [-0.3, -0.25) is 4.79 Å². The zero-order valence-electron chi connectivity index (χ0n) is 12.1. The van der Waals surface area contributed by atoms with Crippen LogP contribution in [-0.2, 0) is 0 Å². The number of furan rings is 1. The van der Waals surface area contributed by atoms with Crippen molar-refractivity contribution < 1.29 is 9.21 Å². The molecular formula is C16H14ClN3O2. The van der Waals surface area contributed by atoms with Gasteiger partial charge in [-0.15, -0.1) is 0 Å². The first-order chi connectivity index (χ1) is 10.5. The van der Waals surface area contributed by atoms with Gasteiger partial charge in [-0.2, -0.15) is 0 Å². The molecule has 3 rings (SSSR count). The summed E-state index contributed by atoms with van der Waals surface area (Å²) >= 11 is 5.92. The fourth-order valence-electron chi connectivity index (χ4n) is 2.04. The summed E-state index contributed by atoms with van der Waals surface area (Å²) in [6, 6.07) is 10.5. The van der Waals surface area contributed by atoms with Crippen molar-refractivity contribution in [3.05, 3.63) is 53.4 Å². The highest BCUT2D eigenvalue weighted by atomic mass is 35.5. The normalized spacial score (nSPS) is 10.7. The Morgan fingerprint density at radius 1 is 1.23 bits per heavy atom. The number of anilines is 2. The van der Waals surface area contributed by atoms with Gasteiger partial charge in [-0.1, -0.05) is 11.6 Å². The van der Waals surface area contributed by atoms with Crippen LogP contribution in [0.2, 0.25) is 5.02 Å². The lowest BCUT2D eigenvalue weighted by atomic mass is 10.2. The third-order valence-electron chi connectivity index (χ3n) is 3.17. The summed E-state index contributed by atoms with van der Waals surface area (Å²) in [5, 5.41) is 4.14. The monoisotopic (exact) mass is 315 g/mol. The van der Waals surface area contributed by atoms with Gasteiger partial charge in [0, 0.05) is 24.5 Å². The quantitative estimate of drug-likeness (QED) is 0.798. The van der Waals surface area contributed by atoms with E-state index in [-0.39, 0.29) is 11.7 Å². The van der Waals surface area contributed by atoms with E-state index in [0.29, 0.717) is 16.3 Å². The maximum Gasteiger partial charge on any atom is 0.291 e. The molecule has 0 saturated carbocycles. The van der Waals surface area contributed by atoms with Gasteiger partial charge in [0.15, 0.2) is 5.76 Å². The Balaban J connectivity index is 1.80. The molecule has 0 saturated heterocycles. The molecule has 0 radical (unpaired) electrons. The van der Waals surface area contributed by atoms with E-state index in [9.17, 15) is 4.79 Å². The number of nitrogens with zero attached hydrogens (tertiary/aromatic N) is 2. The minimum atomic E-state index is -0.327. The first-order valence-corrected chi connectivity index (χ1v) is 7.04. The van der Waals surface area contributed by atoms with Crippen molar-refractivity contribution in [2.24, 2.45) is 0 Å². The summed E-state index contributed by atoms with van der Waals surface area (Å²) in [4.78, 5) is 18.3. The second-order valence-electron chi connectivity index (χ2n) is 5.05. The van der Waals surface area contributed by atoms with Gasteiger partial charge in [-0.05, 0) is 36.4 Å². The second-order valence-corrected chi connectivity index (χ2v) is 5.48. The number of hydrogen-bond acceptors (Lipinski definition) is 4. The van der Waals surface area contributed by atoms with Crippen molar-refractivity contribution in [2.45, 2.75) is 0 Å². The first kappa shape index (κ1) is 14.4. The number of nitrogens with one attached hydrogen (secondary N) is 1. The molecule has 112 valence electrons. The number of halogens is 1. The minimum Gasteiger partial charge on any atom is -0.451 e. The molecule has 0 aliphatic carbocycles. The van der Waals surface area contributed by atoms with Crippen LogP contribution in [0.4, 0.5) is 11.5 Å². The Hall–Kier alpha value is -2.53. The van der Waals surface area contributed by atoms with Crippen LogP contribution >= 0.6 is 11.6 Å². The lowest BCUT2D eigenvalue weighted by molar-refractivity contribution is 0.0998. The SMILES string of the molecule is CN(C)c1ccc(NC(=O)c2cc3cc(Cl)ccc3o2)cn1. The summed E-state index contributed by atoms with van der Waals surface area (Å²) in [6.45, 7) is 0. The van der Waals surface area contributed by atoms with Crippen molar-refractivity contribution >= 4 is 40.0 Å². The van der Waals surface area contributed by atoms with Crippen LogP contribution in [0.15, 0.2) is 47.0 Å². The number of amides is 1. The predicted octanol–water partition coefficient (Wildman–Crippen LogP) is 3.80. The molecule has 6 heteroatoms. The Morgan fingerprint density at radius 3 is 2.73 bits per heavy atom. The highest BCUT2D eigenvalue weighted by Gasteiger charge is 2.13. The van der Waals surface area contributed by atoms with Gasteiger partial charge in [0.1, 0.15) is 11.4 Å². The minimum absolute atomic E-state index is 0.231. The zero-order chi connectivity index (χ0) is 15.7. The molecule has 0 fully saturated rings. The average molecular weight is 316 g/mol. The Labute approximate surface area is 132 Å². The van der Waals surface area contributed by atoms with E-state index < -0.39 is 0 Å². The van der Waals surface area contributed by atoms with Gasteiger partial charge in [0.05, 0.1) is 11.9 Å². The molecule has 3 aromatic rings. The zero-order valence-corrected chi connectivity index (χ0v) is 12.9. The molecule has 2 aromatic heterocycles. The van der Waals surface area contributed by atoms with Crippen LogP contribution in [0.5, 0.6) is 0 Å². The summed E-state index contributed by atoms with van der Waals surface area (Å²) in [7, 11) is 3.81. The predicted molar refractivity (Wildman–Crippen MR) is 87.7 cm³/mol. The number of fused-ring (bicyclic) bond motifs is 1. The van der Waals surface area contributed by atoms with Crippen LogP contribution in [0.1, 0.15) is 10.6 Å². The largest absolute Gasteiger partial charge is 0.451 e. The van der Waals surface area contributed by atoms with E-state index in [4.69, 9.17) is 16.0 Å². The fourth-order valence-corrected chi connectivity index (χ4v) is 2.22. The Morgan fingerprint density at radius 2 is 2.05 bits per heavy atom. The van der Waals surface area contributed by atoms with Gasteiger partial charge in [0.2, 0.25) is 0 Å². The average Bonchev–Trinajstić information content (AvgIpc) is 2.91. The molecule has 0 aliphatic rings. The number of hydrogen-bond donors (Lipinski definition) is 1. The number of carbonyl (C=O) groups excluding carboxylic acids is 1. The molecule has 1 amide bonds.